The molecule has 1 atom stereocenters. The van der Waals surface area contributed by atoms with Gasteiger partial charge in [0.05, 0.1) is 0 Å². The molecular formula is C70H110O6. The van der Waals surface area contributed by atoms with Gasteiger partial charge in [0, 0.05) is 19.3 Å². The molecular weight excluding hydrogens is 937 g/mol. The molecule has 0 spiro atoms. The molecule has 0 aromatic heterocycles. The quantitative estimate of drug-likeness (QED) is 0.0261. The van der Waals surface area contributed by atoms with Gasteiger partial charge in [-0.3, -0.25) is 14.4 Å². The zero-order valence-electron chi connectivity index (χ0n) is 48.7. The molecule has 0 aliphatic carbocycles. The topological polar surface area (TPSA) is 78.9 Å². The lowest BCUT2D eigenvalue weighted by Gasteiger charge is -2.18. The van der Waals surface area contributed by atoms with Crippen molar-refractivity contribution in [2.45, 2.75) is 252 Å². The lowest BCUT2D eigenvalue weighted by Crippen LogP contribution is -2.30. The van der Waals surface area contributed by atoms with Gasteiger partial charge in [-0.15, -0.1) is 0 Å². The van der Waals surface area contributed by atoms with Gasteiger partial charge < -0.3 is 14.2 Å². The SMILES string of the molecule is CC/C=C\C/C=C\C/C=C\C/C=C\C/C=C\C/C=C\CCCCCCCCC(=O)OCC(COC(=O)CCCCCCC/C=C\CCCCCCC)OC(=O)CC/C=C\C/C=C\C/C=C\C/C=C\C/C=C\C/C=C\CC. The van der Waals surface area contributed by atoms with E-state index in [1.165, 1.54) is 57.8 Å². The molecule has 0 heterocycles. The number of rotatable bonds is 53. The van der Waals surface area contributed by atoms with E-state index in [0.717, 1.165) is 141 Å². The molecule has 76 heavy (non-hydrogen) atoms. The van der Waals surface area contributed by atoms with Gasteiger partial charge >= 0.3 is 17.9 Å². The lowest BCUT2D eigenvalue weighted by molar-refractivity contribution is -0.166. The second-order valence-corrected chi connectivity index (χ2v) is 19.5. The van der Waals surface area contributed by atoms with Gasteiger partial charge in [0.1, 0.15) is 13.2 Å². The minimum atomic E-state index is -0.837. The minimum Gasteiger partial charge on any atom is -0.462 e. The molecule has 6 heteroatoms. The van der Waals surface area contributed by atoms with E-state index < -0.39 is 12.1 Å². The Labute approximate surface area is 467 Å². The Kier molecular flexibility index (Phi) is 58.5. The first-order valence-corrected chi connectivity index (χ1v) is 30.5. The van der Waals surface area contributed by atoms with Gasteiger partial charge in [-0.05, 0) is 135 Å². The van der Waals surface area contributed by atoms with Crippen molar-refractivity contribution in [3.8, 4) is 0 Å². The molecule has 0 saturated carbocycles. The molecule has 0 amide bonds. The van der Waals surface area contributed by atoms with E-state index in [-0.39, 0.29) is 31.6 Å². The number of carbonyl (C=O) groups excluding carboxylic acids is 3. The van der Waals surface area contributed by atoms with Crippen LogP contribution in [0.2, 0.25) is 0 Å². The number of unbranched alkanes of at least 4 members (excludes halogenated alkanes) is 16. The summed E-state index contributed by atoms with van der Waals surface area (Å²) in [6.45, 7) is 6.31. The average molecular weight is 1050 g/mol. The Bertz CT molecular complexity index is 1720. The second kappa shape index (κ2) is 62.6. The van der Waals surface area contributed by atoms with Gasteiger partial charge in [-0.2, -0.15) is 0 Å². The Morgan fingerprint density at radius 2 is 0.539 bits per heavy atom. The summed E-state index contributed by atoms with van der Waals surface area (Å²) in [7, 11) is 0. The zero-order chi connectivity index (χ0) is 55.0. The maximum atomic E-state index is 12.9. The molecule has 426 valence electrons. The smallest absolute Gasteiger partial charge is 0.306 e. The van der Waals surface area contributed by atoms with Crippen molar-refractivity contribution in [3.05, 3.63) is 158 Å². The highest BCUT2D eigenvalue weighted by Gasteiger charge is 2.19. The van der Waals surface area contributed by atoms with Crippen LogP contribution in [0.25, 0.3) is 0 Å². The molecule has 0 aromatic carbocycles. The molecule has 0 rings (SSSR count). The summed E-state index contributed by atoms with van der Waals surface area (Å²) in [6, 6.07) is 0. The van der Waals surface area contributed by atoms with Crippen molar-refractivity contribution < 1.29 is 28.6 Å². The summed E-state index contributed by atoms with van der Waals surface area (Å²) in [5, 5.41) is 0. The van der Waals surface area contributed by atoms with Crippen LogP contribution in [-0.4, -0.2) is 37.2 Å². The highest BCUT2D eigenvalue weighted by molar-refractivity contribution is 5.71. The van der Waals surface area contributed by atoms with E-state index in [1.54, 1.807) is 0 Å². The second-order valence-electron chi connectivity index (χ2n) is 19.5. The van der Waals surface area contributed by atoms with Crippen molar-refractivity contribution >= 4 is 17.9 Å². The maximum absolute atomic E-state index is 12.9. The number of carbonyl (C=O) groups is 3. The first kappa shape index (κ1) is 71.0. The van der Waals surface area contributed by atoms with Crippen LogP contribution in [0.15, 0.2) is 158 Å². The van der Waals surface area contributed by atoms with Gasteiger partial charge in [0.2, 0.25) is 0 Å². The third-order valence-corrected chi connectivity index (χ3v) is 12.3. The highest BCUT2D eigenvalue weighted by atomic mass is 16.6. The molecule has 0 aliphatic heterocycles. The first-order chi connectivity index (χ1) is 37.5. The fourth-order valence-corrected chi connectivity index (χ4v) is 7.76. The molecule has 0 aliphatic rings. The molecule has 0 radical (unpaired) electrons. The Hall–Kier alpha value is -4.97. The van der Waals surface area contributed by atoms with Crippen LogP contribution in [0.5, 0.6) is 0 Å². The van der Waals surface area contributed by atoms with Gasteiger partial charge in [0.15, 0.2) is 6.10 Å². The standard InChI is InChI=1S/C70H110O6/c1-4-7-10-13-16-19-22-25-28-30-32-33-34-35-36-37-39-40-42-45-48-51-54-57-60-63-69(72)75-66-67(65-74-68(71)62-59-56-53-50-47-44-27-24-21-18-15-12-9-6-3)76-70(73)64-61-58-55-52-49-46-43-41-38-31-29-26-23-20-17-14-11-8-5-2/h7-8,10-11,16-17,19-20,24-29,32-33,35-36,38-41,46,49,55,58,67H,4-6,9,12-15,18,21-23,30-31,34,37,42-45,47-48,50-54,56-57,59-66H2,1-3H3/b10-7-,11-8-,19-16-,20-17-,27-24-,28-25-,29-26-,33-32-,36-35-,40-39-,41-38-,49-46-,58-55-. The summed E-state index contributed by atoms with van der Waals surface area (Å²) in [4.78, 5) is 38.2. The number of esters is 3. The number of hydrogen-bond donors (Lipinski definition) is 0. The summed E-state index contributed by atoms with van der Waals surface area (Å²) in [5.74, 6) is -1.04. The normalized spacial score (nSPS) is 13.2. The van der Waals surface area contributed by atoms with Gasteiger partial charge in [0.25, 0.3) is 0 Å². The van der Waals surface area contributed by atoms with Crippen molar-refractivity contribution in [2.75, 3.05) is 13.2 Å². The monoisotopic (exact) mass is 1050 g/mol. The number of allylic oxidation sites excluding steroid dienone is 26. The summed E-state index contributed by atoms with van der Waals surface area (Å²) in [5.41, 5.74) is 0. The van der Waals surface area contributed by atoms with Crippen molar-refractivity contribution in [1.29, 1.82) is 0 Å². The van der Waals surface area contributed by atoms with Crippen LogP contribution in [0, 0.1) is 0 Å². The van der Waals surface area contributed by atoms with E-state index in [0.29, 0.717) is 19.3 Å². The molecule has 0 fully saturated rings. The van der Waals surface area contributed by atoms with Crippen LogP contribution >= 0.6 is 0 Å². The first-order valence-electron chi connectivity index (χ1n) is 30.5. The van der Waals surface area contributed by atoms with Crippen LogP contribution in [0.3, 0.4) is 0 Å². The van der Waals surface area contributed by atoms with E-state index in [1.807, 2.05) is 12.2 Å². The zero-order valence-corrected chi connectivity index (χ0v) is 48.7. The molecule has 0 saturated heterocycles. The van der Waals surface area contributed by atoms with Gasteiger partial charge in [-0.1, -0.05) is 249 Å². The van der Waals surface area contributed by atoms with Crippen LogP contribution in [0.4, 0.5) is 0 Å². The fraction of sp³-hybridized carbons (Fsp3) is 0.586. The maximum Gasteiger partial charge on any atom is 0.306 e. The molecule has 6 nitrogen and oxygen atoms in total. The highest BCUT2D eigenvalue weighted by Crippen LogP contribution is 2.13. The van der Waals surface area contributed by atoms with Gasteiger partial charge in [-0.25, -0.2) is 0 Å². The molecule has 0 N–H and O–H groups in total. The summed E-state index contributed by atoms with van der Waals surface area (Å²) in [6.07, 6.45) is 91.0. The van der Waals surface area contributed by atoms with Crippen LogP contribution in [-0.2, 0) is 28.6 Å². The Morgan fingerprint density at radius 3 is 0.868 bits per heavy atom. The molecule has 0 bridgehead atoms. The number of ether oxygens (including phenoxy) is 3. The summed E-state index contributed by atoms with van der Waals surface area (Å²) < 4.78 is 16.8. The molecule has 0 aromatic rings. The third-order valence-electron chi connectivity index (χ3n) is 12.3. The lowest BCUT2D eigenvalue weighted by atomic mass is 10.1. The van der Waals surface area contributed by atoms with E-state index in [9.17, 15) is 14.4 Å². The van der Waals surface area contributed by atoms with Crippen molar-refractivity contribution in [2.24, 2.45) is 0 Å². The van der Waals surface area contributed by atoms with Crippen molar-refractivity contribution in [1.82, 2.24) is 0 Å². The average Bonchev–Trinajstić information content (AvgIpc) is 3.42. The fourth-order valence-electron chi connectivity index (χ4n) is 7.76. The summed E-state index contributed by atoms with van der Waals surface area (Å²) >= 11 is 0. The predicted octanol–water partition coefficient (Wildman–Crippen LogP) is 20.9. The van der Waals surface area contributed by atoms with Crippen LogP contribution in [0.1, 0.15) is 245 Å². The Balaban J connectivity index is 4.52. The van der Waals surface area contributed by atoms with E-state index in [4.69, 9.17) is 14.2 Å². The van der Waals surface area contributed by atoms with E-state index >= 15 is 0 Å². The van der Waals surface area contributed by atoms with E-state index in [2.05, 4.69) is 167 Å². The third kappa shape index (κ3) is 59.9. The minimum absolute atomic E-state index is 0.124. The predicted molar refractivity (Wildman–Crippen MR) is 329 cm³/mol. The number of hydrogen-bond acceptors (Lipinski definition) is 6. The van der Waals surface area contributed by atoms with Crippen LogP contribution < -0.4 is 0 Å². The molecule has 1 unspecified atom stereocenters. The Morgan fingerprint density at radius 1 is 0.276 bits per heavy atom. The largest absolute Gasteiger partial charge is 0.462 e. The van der Waals surface area contributed by atoms with Crippen molar-refractivity contribution in [3.63, 3.8) is 0 Å².